The second kappa shape index (κ2) is 7.76. The molecule has 0 unspecified atom stereocenters. The van der Waals surface area contributed by atoms with Crippen LogP contribution in [0, 0.1) is 17.0 Å². The number of aliphatic hydroxyl groups excluding tert-OH is 1. The van der Waals surface area contributed by atoms with Crippen molar-refractivity contribution in [3.05, 3.63) is 57.4 Å². The monoisotopic (exact) mass is 344 g/mol. The van der Waals surface area contributed by atoms with Crippen LogP contribution >= 0.6 is 0 Å². The molecule has 1 aliphatic rings. The average Bonchev–Trinajstić information content (AvgIpc) is 3.06. The molecule has 0 bridgehead atoms. The van der Waals surface area contributed by atoms with Crippen molar-refractivity contribution in [2.24, 2.45) is 0 Å². The van der Waals surface area contributed by atoms with Gasteiger partial charge in [-0.25, -0.2) is 0 Å². The van der Waals surface area contributed by atoms with Crippen LogP contribution in [-0.2, 0) is 13.1 Å². The molecule has 0 spiro atoms. The molecule has 0 radical (unpaired) electrons. The first-order valence-electron chi connectivity index (χ1n) is 8.67. The number of rotatable bonds is 6. The van der Waals surface area contributed by atoms with E-state index in [1.807, 2.05) is 22.9 Å². The van der Waals surface area contributed by atoms with Crippen molar-refractivity contribution in [2.75, 3.05) is 19.7 Å². The Morgan fingerprint density at radius 2 is 2.08 bits per heavy atom. The molecule has 25 heavy (non-hydrogen) atoms. The van der Waals surface area contributed by atoms with Crippen molar-refractivity contribution in [3.8, 4) is 0 Å². The summed E-state index contributed by atoms with van der Waals surface area (Å²) in [5.74, 6) is 0.456. The number of nitro groups is 1. The lowest BCUT2D eigenvalue weighted by atomic mass is 9.93. The van der Waals surface area contributed by atoms with Crippen molar-refractivity contribution in [1.82, 2.24) is 14.7 Å². The summed E-state index contributed by atoms with van der Waals surface area (Å²) in [6, 6.07) is 7.54. The summed E-state index contributed by atoms with van der Waals surface area (Å²) in [5, 5.41) is 24.5. The van der Waals surface area contributed by atoms with E-state index in [1.165, 1.54) is 5.69 Å². The Kier molecular flexibility index (Phi) is 5.45. The number of aliphatic hydroxyl groups is 1. The first-order valence-corrected chi connectivity index (χ1v) is 8.67. The van der Waals surface area contributed by atoms with Crippen LogP contribution in [0.2, 0.25) is 0 Å². The maximum Gasteiger partial charge on any atom is 0.272 e. The maximum atomic E-state index is 11.1. The minimum absolute atomic E-state index is 0.0970. The van der Waals surface area contributed by atoms with Gasteiger partial charge in [-0.15, -0.1) is 0 Å². The number of nitro benzene ring substituents is 1. The molecule has 2 heterocycles. The normalized spacial score (nSPS) is 16.2. The summed E-state index contributed by atoms with van der Waals surface area (Å²) in [4.78, 5) is 13.1. The van der Waals surface area contributed by atoms with Crippen LogP contribution in [0.1, 0.15) is 35.6 Å². The van der Waals surface area contributed by atoms with Gasteiger partial charge >= 0.3 is 0 Å². The average molecular weight is 344 g/mol. The molecule has 3 rings (SSSR count). The van der Waals surface area contributed by atoms with Crippen molar-refractivity contribution in [1.29, 1.82) is 0 Å². The fourth-order valence-corrected chi connectivity index (χ4v) is 3.57. The van der Waals surface area contributed by atoms with Gasteiger partial charge in [0.2, 0.25) is 0 Å². The molecular weight excluding hydrogens is 320 g/mol. The number of benzene rings is 1. The summed E-state index contributed by atoms with van der Waals surface area (Å²) in [6.07, 6.45) is 3.86. The van der Waals surface area contributed by atoms with Gasteiger partial charge in [-0.1, -0.05) is 12.1 Å². The van der Waals surface area contributed by atoms with Crippen molar-refractivity contribution >= 4 is 5.69 Å². The summed E-state index contributed by atoms with van der Waals surface area (Å²) < 4.78 is 1.89. The fraction of sp³-hybridized carbons (Fsp3) is 0.500. The highest BCUT2D eigenvalue weighted by atomic mass is 16.6. The van der Waals surface area contributed by atoms with Gasteiger partial charge in [0.05, 0.1) is 18.1 Å². The minimum Gasteiger partial charge on any atom is -0.394 e. The highest BCUT2D eigenvalue weighted by molar-refractivity contribution is 5.42. The van der Waals surface area contributed by atoms with Crippen molar-refractivity contribution < 1.29 is 10.0 Å². The predicted molar refractivity (Wildman–Crippen MR) is 94.4 cm³/mol. The van der Waals surface area contributed by atoms with Gasteiger partial charge in [-0.2, -0.15) is 5.10 Å². The van der Waals surface area contributed by atoms with E-state index in [9.17, 15) is 10.1 Å². The first kappa shape index (κ1) is 17.6. The van der Waals surface area contributed by atoms with E-state index >= 15 is 0 Å². The molecule has 1 aromatic heterocycles. The third kappa shape index (κ3) is 4.05. The summed E-state index contributed by atoms with van der Waals surface area (Å²) in [7, 11) is 0. The lowest BCUT2D eigenvalue weighted by Crippen LogP contribution is -2.33. The second-order valence-corrected chi connectivity index (χ2v) is 6.63. The number of piperidine rings is 1. The molecule has 1 aromatic carbocycles. The Bertz CT molecular complexity index is 736. The third-order valence-electron chi connectivity index (χ3n) is 4.94. The van der Waals surface area contributed by atoms with Gasteiger partial charge in [0.15, 0.2) is 0 Å². The fourth-order valence-electron chi connectivity index (χ4n) is 3.57. The van der Waals surface area contributed by atoms with Gasteiger partial charge in [0, 0.05) is 36.0 Å². The van der Waals surface area contributed by atoms with Crippen LogP contribution in [0.5, 0.6) is 0 Å². The van der Waals surface area contributed by atoms with Crippen LogP contribution in [0.3, 0.4) is 0 Å². The molecule has 7 nitrogen and oxygen atoms in total. The molecular formula is C18H24N4O3. The highest BCUT2D eigenvalue weighted by Crippen LogP contribution is 2.29. The minimum atomic E-state index is -0.312. The molecule has 134 valence electrons. The van der Waals surface area contributed by atoms with Crippen LogP contribution in [0.15, 0.2) is 30.5 Å². The van der Waals surface area contributed by atoms with Crippen LogP contribution in [0.4, 0.5) is 5.69 Å². The molecule has 1 N–H and O–H groups in total. The van der Waals surface area contributed by atoms with Gasteiger partial charge < -0.3 is 5.11 Å². The summed E-state index contributed by atoms with van der Waals surface area (Å²) in [6.45, 7) is 5.05. The Balaban J connectivity index is 1.60. The SMILES string of the molecule is Cc1ccc(CN2CCC(c3ccnn3CCO)CC2)cc1[N+](=O)[O-]. The molecule has 2 aromatic rings. The zero-order chi connectivity index (χ0) is 17.8. The van der Waals surface area contributed by atoms with E-state index in [1.54, 1.807) is 19.2 Å². The number of nitrogens with zero attached hydrogens (tertiary/aromatic N) is 4. The van der Waals surface area contributed by atoms with Gasteiger partial charge in [-0.05, 0) is 44.5 Å². The molecule has 1 fully saturated rings. The van der Waals surface area contributed by atoms with Crippen molar-refractivity contribution in [3.63, 3.8) is 0 Å². The first-order chi connectivity index (χ1) is 12.1. The molecule has 0 aliphatic carbocycles. The maximum absolute atomic E-state index is 11.1. The van der Waals surface area contributed by atoms with E-state index in [-0.39, 0.29) is 17.2 Å². The molecule has 0 atom stereocenters. The van der Waals surface area contributed by atoms with Gasteiger partial charge in [0.1, 0.15) is 0 Å². The number of aryl methyl sites for hydroxylation is 1. The van der Waals surface area contributed by atoms with Gasteiger partial charge in [-0.3, -0.25) is 19.7 Å². The standard InChI is InChI=1S/C18H24N4O3/c1-14-2-3-15(12-18(14)22(24)25)13-20-8-5-16(6-9-20)17-4-7-19-21(17)10-11-23/h2-4,7,12,16,23H,5-6,8-11,13H2,1H3. The molecule has 7 heteroatoms. The predicted octanol–water partition coefficient (Wildman–Crippen LogP) is 2.47. The lowest BCUT2D eigenvalue weighted by Gasteiger charge is -2.32. The topological polar surface area (TPSA) is 84.4 Å². The van der Waals surface area contributed by atoms with Crippen LogP contribution < -0.4 is 0 Å². The highest BCUT2D eigenvalue weighted by Gasteiger charge is 2.23. The van der Waals surface area contributed by atoms with Crippen LogP contribution in [-0.4, -0.2) is 44.4 Å². The number of hydrogen-bond donors (Lipinski definition) is 1. The largest absolute Gasteiger partial charge is 0.394 e. The van der Waals surface area contributed by atoms with E-state index in [0.29, 0.717) is 18.0 Å². The summed E-state index contributed by atoms with van der Waals surface area (Å²) >= 11 is 0. The summed E-state index contributed by atoms with van der Waals surface area (Å²) in [5.41, 5.74) is 3.07. The lowest BCUT2D eigenvalue weighted by molar-refractivity contribution is -0.385. The number of likely N-dealkylation sites (tertiary alicyclic amines) is 1. The Hall–Kier alpha value is -2.25. The Morgan fingerprint density at radius 3 is 2.76 bits per heavy atom. The van der Waals surface area contributed by atoms with Gasteiger partial charge in [0.25, 0.3) is 5.69 Å². The number of aromatic nitrogens is 2. The van der Waals surface area contributed by atoms with E-state index in [4.69, 9.17) is 5.11 Å². The quantitative estimate of drug-likeness (QED) is 0.643. The van der Waals surface area contributed by atoms with E-state index in [2.05, 4.69) is 10.00 Å². The van der Waals surface area contributed by atoms with Crippen LogP contribution in [0.25, 0.3) is 0 Å². The molecule has 0 amide bonds. The third-order valence-corrected chi connectivity index (χ3v) is 4.94. The van der Waals surface area contributed by atoms with E-state index in [0.717, 1.165) is 38.0 Å². The number of hydrogen-bond acceptors (Lipinski definition) is 5. The molecule has 1 aliphatic heterocycles. The Labute approximate surface area is 147 Å². The smallest absolute Gasteiger partial charge is 0.272 e. The zero-order valence-corrected chi connectivity index (χ0v) is 14.5. The second-order valence-electron chi connectivity index (χ2n) is 6.63. The molecule has 1 saturated heterocycles. The van der Waals surface area contributed by atoms with E-state index < -0.39 is 0 Å². The van der Waals surface area contributed by atoms with Crippen molar-refractivity contribution in [2.45, 2.75) is 38.8 Å². The Morgan fingerprint density at radius 1 is 1.32 bits per heavy atom. The zero-order valence-electron chi connectivity index (χ0n) is 14.5. The molecule has 0 saturated carbocycles.